The van der Waals surface area contributed by atoms with Gasteiger partial charge in [0.1, 0.15) is 6.20 Å². The van der Waals surface area contributed by atoms with Crippen molar-refractivity contribution in [2.45, 2.75) is 19.3 Å². The van der Waals surface area contributed by atoms with Gasteiger partial charge in [0.15, 0.2) is 11.5 Å². The molecule has 1 aromatic carbocycles. The fraction of sp³-hybridized carbons (Fsp3) is 0.227. The summed E-state index contributed by atoms with van der Waals surface area (Å²) < 4.78 is 38.2. The average Bonchev–Trinajstić information content (AvgIpc) is 2.80. The molecule has 3 heterocycles. The molecule has 0 spiro atoms. The Hall–Kier alpha value is -4.13. The highest BCUT2D eigenvalue weighted by atomic mass is 19.3. The van der Waals surface area contributed by atoms with E-state index in [0.29, 0.717) is 41.4 Å². The summed E-state index contributed by atoms with van der Waals surface area (Å²) in [6.07, 6.45) is 7.63. The van der Waals surface area contributed by atoms with Crippen molar-refractivity contribution in [3.63, 3.8) is 0 Å². The summed E-state index contributed by atoms with van der Waals surface area (Å²) in [5, 5.41) is 3.21. The number of hydrogen-bond donors (Lipinski definition) is 1. The number of pyridine rings is 1. The molecule has 4 rings (SSSR count). The summed E-state index contributed by atoms with van der Waals surface area (Å²) in [5.41, 5.74) is 1.83. The van der Waals surface area contributed by atoms with Crippen LogP contribution in [0.4, 0.5) is 14.6 Å². The molecule has 0 radical (unpaired) electrons. The molecule has 0 aliphatic heterocycles. The van der Waals surface area contributed by atoms with Crippen molar-refractivity contribution in [1.82, 2.24) is 19.9 Å². The lowest BCUT2D eigenvalue weighted by molar-refractivity contribution is -0.265. The van der Waals surface area contributed by atoms with Crippen LogP contribution in [-0.2, 0) is 12.3 Å². The van der Waals surface area contributed by atoms with Crippen LogP contribution in [0, 0.1) is 6.33 Å². The van der Waals surface area contributed by atoms with E-state index >= 15 is 0 Å². The second-order valence-corrected chi connectivity index (χ2v) is 6.94. The number of fused-ring (bicyclic) bond motifs is 1. The number of halogens is 2. The van der Waals surface area contributed by atoms with Crippen molar-refractivity contribution in [2.75, 3.05) is 19.0 Å². The largest absolute Gasteiger partial charge is 0.493 e. The van der Waals surface area contributed by atoms with Gasteiger partial charge in [0.2, 0.25) is 17.2 Å². The fourth-order valence-corrected chi connectivity index (χ4v) is 3.01. The molecule has 0 saturated heterocycles. The molecule has 3 aromatic heterocycles. The fourth-order valence-electron chi connectivity index (χ4n) is 3.01. The number of methoxy groups -OCH3 is 1. The summed E-state index contributed by atoms with van der Waals surface area (Å²) in [6.45, 7) is 1.39. The van der Waals surface area contributed by atoms with Crippen molar-refractivity contribution in [2.24, 2.45) is 0 Å². The minimum Gasteiger partial charge on any atom is -0.493 e. The van der Waals surface area contributed by atoms with E-state index in [1.165, 1.54) is 25.4 Å². The van der Waals surface area contributed by atoms with Crippen LogP contribution in [0.5, 0.6) is 17.4 Å². The maximum Gasteiger partial charge on any atom is 0.391 e. The van der Waals surface area contributed by atoms with E-state index in [1.54, 1.807) is 18.5 Å². The third-order valence-corrected chi connectivity index (χ3v) is 4.61. The number of nitrogens with one attached hydrogen (secondary N) is 1. The van der Waals surface area contributed by atoms with Crippen molar-refractivity contribution in [1.29, 1.82) is 0 Å². The quantitative estimate of drug-likeness (QED) is 0.448. The molecule has 0 aliphatic carbocycles. The highest BCUT2D eigenvalue weighted by Gasteiger charge is 2.25. The minimum absolute atomic E-state index is 0.0599. The summed E-state index contributed by atoms with van der Waals surface area (Å²) >= 11 is 0. The topological polar surface area (TPSA) is 96.2 Å². The third-order valence-electron chi connectivity index (χ3n) is 4.61. The van der Waals surface area contributed by atoms with Crippen LogP contribution in [0.25, 0.3) is 11.2 Å². The van der Waals surface area contributed by atoms with E-state index in [1.807, 2.05) is 12.1 Å². The number of hydrogen-bond acceptors (Lipinski definition) is 7. The molecular weight excluding hydrogens is 418 g/mol. The van der Waals surface area contributed by atoms with Gasteiger partial charge < -0.3 is 14.8 Å². The first-order valence-corrected chi connectivity index (χ1v) is 9.72. The maximum atomic E-state index is 13.6. The molecular formula is C22H19F2N6O2+. The van der Waals surface area contributed by atoms with Crippen LogP contribution >= 0.6 is 0 Å². The van der Waals surface area contributed by atoms with Gasteiger partial charge in [-0.2, -0.15) is 4.98 Å². The lowest BCUT2D eigenvalue weighted by atomic mass is 10.1. The lowest BCUT2D eigenvalue weighted by Crippen LogP contribution is -2.10. The minimum atomic E-state index is -2.99. The van der Waals surface area contributed by atoms with Gasteiger partial charge in [0.25, 0.3) is 5.92 Å². The number of ether oxygens (including phenoxy) is 2. The molecule has 0 amide bonds. The van der Waals surface area contributed by atoms with E-state index in [2.05, 4.69) is 36.6 Å². The molecule has 0 unspecified atom stereocenters. The monoisotopic (exact) mass is 437 g/mol. The predicted octanol–water partition coefficient (Wildman–Crippen LogP) is 3.39. The Morgan fingerprint density at radius 2 is 1.91 bits per heavy atom. The number of rotatable bonds is 8. The van der Waals surface area contributed by atoms with E-state index < -0.39 is 5.92 Å². The molecule has 0 aliphatic rings. The van der Waals surface area contributed by atoms with Gasteiger partial charge >= 0.3 is 12.0 Å². The first kappa shape index (κ1) is 21.1. The van der Waals surface area contributed by atoms with E-state index in [4.69, 9.17) is 9.47 Å². The van der Waals surface area contributed by atoms with Gasteiger partial charge in [0.05, 0.1) is 13.3 Å². The third kappa shape index (κ3) is 4.78. The van der Waals surface area contributed by atoms with E-state index in [9.17, 15) is 8.78 Å². The molecule has 0 fully saturated rings. The van der Waals surface area contributed by atoms with Crippen molar-refractivity contribution < 1.29 is 23.2 Å². The second kappa shape index (κ2) is 8.93. The van der Waals surface area contributed by atoms with Crippen molar-refractivity contribution in [3.05, 3.63) is 66.4 Å². The zero-order chi connectivity index (χ0) is 22.6. The molecule has 10 heteroatoms. The first-order chi connectivity index (χ1) is 15.4. The molecule has 4 aromatic rings. The Morgan fingerprint density at radius 1 is 1.06 bits per heavy atom. The van der Waals surface area contributed by atoms with Crippen molar-refractivity contribution >= 4 is 17.0 Å². The number of benzene rings is 1. The van der Waals surface area contributed by atoms with Crippen LogP contribution in [0.1, 0.15) is 18.1 Å². The van der Waals surface area contributed by atoms with Gasteiger partial charge in [-0.05, 0) is 35.2 Å². The Balaban J connectivity index is 1.44. The lowest BCUT2D eigenvalue weighted by Gasteiger charge is -2.14. The normalized spacial score (nSPS) is 11.1. The standard InChI is InChI=1S/C22H18F2N6O2/c1-22(23,24)15-6-8-25-18(12-15)32-16-4-3-14(11-17(16)31-2)5-7-27-20-19-21(30-13-29-20)28-10-9-26-19/h3-4,6,8-12H,5,7H2,1-2H3/p+1. The Morgan fingerprint density at radius 3 is 2.72 bits per heavy atom. The Bertz CT molecular complexity index is 1230. The SMILES string of the molecule is COc1cc(CCNc2nc#[n+]c3nccnc23)ccc1Oc1cc(C(C)(F)F)ccn1. The van der Waals surface area contributed by atoms with Crippen LogP contribution in [0.2, 0.25) is 0 Å². The molecule has 0 atom stereocenters. The van der Waals surface area contributed by atoms with Gasteiger partial charge in [-0.1, -0.05) is 11.1 Å². The summed E-state index contributed by atoms with van der Waals surface area (Å²) in [6, 6.07) is 7.86. The van der Waals surface area contributed by atoms with Crippen LogP contribution in [0.15, 0.2) is 48.9 Å². The van der Waals surface area contributed by atoms with E-state index in [0.717, 1.165) is 12.5 Å². The van der Waals surface area contributed by atoms with Crippen LogP contribution < -0.4 is 19.8 Å². The van der Waals surface area contributed by atoms with Gasteiger partial charge in [-0.25, -0.2) is 18.7 Å². The predicted molar refractivity (Wildman–Crippen MR) is 111 cm³/mol. The zero-order valence-electron chi connectivity index (χ0n) is 17.3. The van der Waals surface area contributed by atoms with Gasteiger partial charge in [-0.3, -0.25) is 0 Å². The van der Waals surface area contributed by atoms with Gasteiger partial charge in [-0.15, -0.1) is 0 Å². The Labute approximate surface area is 182 Å². The molecule has 0 bridgehead atoms. The number of alkyl halides is 2. The maximum absolute atomic E-state index is 13.6. The second-order valence-electron chi connectivity index (χ2n) is 6.94. The number of aromatic nitrogens is 5. The van der Waals surface area contributed by atoms with Crippen LogP contribution in [-0.4, -0.2) is 33.6 Å². The highest BCUT2D eigenvalue weighted by Crippen LogP contribution is 2.34. The summed E-state index contributed by atoms with van der Waals surface area (Å²) in [4.78, 5) is 20.5. The molecule has 1 N–H and O–H groups in total. The highest BCUT2D eigenvalue weighted by molar-refractivity contribution is 5.78. The zero-order valence-corrected chi connectivity index (χ0v) is 17.3. The smallest absolute Gasteiger partial charge is 0.391 e. The van der Waals surface area contributed by atoms with Gasteiger partial charge in [0, 0.05) is 31.3 Å². The molecule has 32 heavy (non-hydrogen) atoms. The average molecular weight is 437 g/mol. The summed E-state index contributed by atoms with van der Waals surface area (Å²) in [5.74, 6) is -1.54. The number of nitrogens with zero attached hydrogens (tertiary/aromatic N) is 5. The van der Waals surface area contributed by atoms with E-state index in [-0.39, 0.29) is 11.4 Å². The molecule has 8 nitrogen and oxygen atoms in total. The van der Waals surface area contributed by atoms with Crippen molar-refractivity contribution in [3.8, 4) is 17.4 Å². The molecule has 0 saturated carbocycles. The Kier molecular flexibility index (Phi) is 5.89. The number of anilines is 1. The molecule has 162 valence electrons. The van der Waals surface area contributed by atoms with Crippen LogP contribution in [0.3, 0.4) is 0 Å². The summed E-state index contributed by atoms with van der Waals surface area (Å²) in [7, 11) is 1.51. The first-order valence-electron chi connectivity index (χ1n) is 9.72.